The van der Waals surface area contributed by atoms with Gasteiger partial charge in [0.05, 0.1) is 23.3 Å². The van der Waals surface area contributed by atoms with E-state index < -0.39 is 5.97 Å². The van der Waals surface area contributed by atoms with Crippen molar-refractivity contribution in [1.29, 1.82) is 0 Å². The summed E-state index contributed by atoms with van der Waals surface area (Å²) in [7, 11) is 6.36. The molecule has 2 aromatic heterocycles. The highest BCUT2D eigenvalue weighted by Crippen LogP contribution is 2.34. The van der Waals surface area contributed by atoms with Crippen molar-refractivity contribution in [3.63, 3.8) is 0 Å². The summed E-state index contributed by atoms with van der Waals surface area (Å²) in [6.45, 7) is 5.95. The van der Waals surface area contributed by atoms with E-state index in [1.165, 1.54) is 29.3 Å². The first kappa shape index (κ1) is 26.4. The summed E-state index contributed by atoms with van der Waals surface area (Å²) in [4.78, 5) is 39.4. The average molecular weight is 516 g/mol. The molecule has 2 amide bonds. The molecule has 1 aromatic carbocycles. The standard InChI is InChI=1S/C24H29N5O4S2/c1-13(2)15-8-10-16(11-9-15)20-26-27-24(29(20)6)34-12-17(30)25-21-18(23(32)33-7)14(3)19(35-21)22(31)28(4)5/h8-11,13H,12H2,1-7H3,(H,25,30). The fraction of sp³-hybridized carbons (Fsp3) is 0.375. The summed E-state index contributed by atoms with van der Waals surface area (Å²) >= 11 is 2.29. The Labute approximate surface area is 212 Å². The van der Waals surface area contributed by atoms with Crippen LogP contribution in [0.1, 0.15) is 50.9 Å². The zero-order valence-corrected chi connectivity index (χ0v) is 22.5. The lowest BCUT2D eigenvalue weighted by Gasteiger charge is -2.08. The third kappa shape index (κ3) is 5.73. The zero-order valence-electron chi connectivity index (χ0n) is 20.8. The first-order valence-corrected chi connectivity index (χ1v) is 12.7. The predicted octanol–water partition coefficient (Wildman–Crippen LogP) is 4.19. The summed E-state index contributed by atoms with van der Waals surface area (Å²) in [5.74, 6) is -0.00105. The highest BCUT2D eigenvalue weighted by molar-refractivity contribution is 7.99. The molecule has 0 unspecified atom stereocenters. The number of ether oxygens (including phenoxy) is 1. The highest BCUT2D eigenvalue weighted by atomic mass is 32.2. The molecule has 0 saturated heterocycles. The van der Waals surface area contributed by atoms with Gasteiger partial charge >= 0.3 is 5.97 Å². The fourth-order valence-corrected chi connectivity index (χ4v) is 5.30. The number of nitrogens with zero attached hydrogens (tertiary/aromatic N) is 4. The molecule has 0 radical (unpaired) electrons. The number of amides is 2. The van der Waals surface area contributed by atoms with Crippen LogP contribution < -0.4 is 5.32 Å². The number of benzene rings is 1. The van der Waals surface area contributed by atoms with Crippen LogP contribution in [0, 0.1) is 6.92 Å². The number of carbonyl (C=O) groups excluding carboxylic acids is 3. The number of methoxy groups -OCH3 is 1. The van der Waals surface area contributed by atoms with Crippen LogP contribution in [-0.4, -0.2) is 64.4 Å². The Morgan fingerprint density at radius 3 is 2.40 bits per heavy atom. The summed E-state index contributed by atoms with van der Waals surface area (Å²) < 4.78 is 6.71. The van der Waals surface area contributed by atoms with Crippen molar-refractivity contribution >= 4 is 45.9 Å². The van der Waals surface area contributed by atoms with Crippen LogP contribution in [0.25, 0.3) is 11.4 Å². The van der Waals surface area contributed by atoms with Crippen molar-refractivity contribution in [2.75, 3.05) is 32.3 Å². The third-order valence-electron chi connectivity index (χ3n) is 5.39. The first-order valence-electron chi connectivity index (χ1n) is 10.9. The van der Waals surface area contributed by atoms with Crippen LogP contribution in [-0.2, 0) is 16.6 Å². The van der Waals surface area contributed by atoms with Crippen molar-refractivity contribution < 1.29 is 19.1 Å². The van der Waals surface area contributed by atoms with E-state index in [4.69, 9.17) is 4.74 Å². The lowest BCUT2D eigenvalue weighted by molar-refractivity contribution is -0.113. The monoisotopic (exact) mass is 515 g/mol. The zero-order chi connectivity index (χ0) is 25.9. The second-order valence-electron chi connectivity index (χ2n) is 8.43. The maximum Gasteiger partial charge on any atom is 0.341 e. The molecule has 0 aliphatic carbocycles. The minimum Gasteiger partial charge on any atom is -0.465 e. The predicted molar refractivity (Wildman–Crippen MR) is 138 cm³/mol. The topological polar surface area (TPSA) is 106 Å². The van der Waals surface area contributed by atoms with E-state index in [2.05, 4.69) is 41.5 Å². The van der Waals surface area contributed by atoms with E-state index in [0.717, 1.165) is 16.9 Å². The van der Waals surface area contributed by atoms with Gasteiger partial charge in [0.25, 0.3) is 5.91 Å². The number of rotatable bonds is 8. The Bertz CT molecular complexity index is 1250. The number of thiophene rings is 1. The van der Waals surface area contributed by atoms with Crippen molar-refractivity contribution in [2.24, 2.45) is 7.05 Å². The molecule has 0 atom stereocenters. The van der Waals surface area contributed by atoms with Gasteiger partial charge in [-0.2, -0.15) is 0 Å². The van der Waals surface area contributed by atoms with Gasteiger partial charge in [0.1, 0.15) is 5.00 Å². The van der Waals surface area contributed by atoms with Crippen LogP contribution in [0.5, 0.6) is 0 Å². The molecule has 0 saturated carbocycles. The molecule has 0 fully saturated rings. The second-order valence-corrected chi connectivity index (χ2v) is 10.4. The van der Waals surface area contributed by atoms with Gasteiger partial charge in [0.2, 0.25) is 5.91 Å². The van der Waals surface area contributed by atoms with E-state index in [1.54, 1.807) is 21.0 Å². The summed E-state index contributed by atoms with van der Waals surface area (Å²) in [6.07, 6.45) is 0. The largest absolute Gasteiger partial charge is 0.465 e. The number of nitrogens with one attached hydrogen (secondary N) is 1. The van der Waals surface area contributed by atoms with Crippen LogP contribution in [0.3, 0.4) is 0 Å². The van der Waals surface area contributed by atoms with Gasteiger partial charge in [-0.3, -0.25) is 9.59 Å². The number of anilines is 1. The highest BCUT2D eigenvalue weighted by Gasteiger charge is 2.27. The van der Waals surface area contributed by atoms with Crippen LogP contribution in [0.4, 0.5) is 5.00 Å². The summed E-state index contributed by atoms with van der Waals surface area (Å²) in [5.41, 5.74) is 2.85. The van der Waals surface area contributed by atoms with Gasteiger partial charge in [-0.15, -0.1) is 21.5 Å². The Balaban J connectivity index is 1.74. The van der Waals surface area contributed by atoms with Crippen molar-refractivity contribution in [1.82, 2.24) is 19.7 Å². The van der Waals surface area contributed by atoms with Crippen molar-refractivity contribution in [3.8, 4) is 11.4 Å². The smallest absolute Gasteiger partial charge is 0.341 e. The Morgan fingerprint density at radius 1 is 1.17 bits per heavy atom. The number of hydrogen-bond acceptors (Lipinski definition) is 8. The van der Waals surface area contributed by atoms with Crippen molar-refractivity contribution in [2.45, 2.75) is 31.8 Å². The molecule has 9 nitrogen and oxygen atoms in total. The number of hydrogen-bond donors (Lipinski definition) is 1. The molecular weight excluding hydrogens is 486 g/mol. The number of carbonyl (C=O) groups is 3. The van der Waals surface area contributed by atoms with E-state index in [-0.39, 0.29) is 28.1 Å². The van der Waals surface area contributed by atoms with Gasteiger partial charge in [0, 0.05) is 26.7 Å². The SMILES string of the molecule is COC(=O)c1c(NC(=O)CSc2nnc(-c3ccc(C(C)C)cc3)n2C)sc(C(=O)N(C)C)c1C. The summed E-state index contributed by atoms with van der Waals surface area (Å²) in [5, 5.41) is 12.1. The molecule has 0 spiro atoms. The quantitative estimate of drug-likeness (QED) is 0.354. The molecule has 11 heteroatoms. The van der Waals surface area contributed by atoms with E-state index >= 15 is 0 Å². The average Bonchev–Trinajstić information content (AvgIpc) is 3.35. The number of esters is 1. The minimum absolute atomic E-state index is 0.0484. The molecule has 0 aliphatic rings. The molecule has 0 aliphatic heterocycles. The van der Waals surface area contributed by atoms with Gasteiger partial charge in [-0.05, 0) is 24.0 Å². The van der Waals surface area contributed by atoms with Gasteiger partial charge in [-0.25, -0.2) is 4.79 Å². The molecule has 186 valence electrons. The molecule has 2 heterocycles. The number of aromatic nitrogens is 3. The first-order chi connectivity index (χ1) is 16.5. The third-order valence-corrected chi connectivity index (χ3v) is 7.61. The lowest BCUT2D eigenvalue weighted by Crippen LogP contribution is -2.21. The maximum atomic E-state index is 12.7. The lowest BCUT2D eigenvalue weighted by atomic mass is 10.0. The minimum atomic E-state index is -0.610. The Morgan fingerprint density at radius 2 is 1.83 bits per heavy atom. The van der Waals surface area contributed by atoms with Crippen LogP contribution in [0.15, 0.2) is 29.4 Å². The molecule has 0 bridgehead atoms. The van der Waals surface area contributed by atoms with Gasteiger partial charge < -0.3 is 19.5 Å². The molecule has 3 rings (SSSR count). The molecule has 1 N–H and O–H groups in total. The van der Waals surface area contributed by atoms with E-state index in [1.807, 2.05) is 23.7 Å². The maximum absolute atomic E-state index is 12.7. The Kier molecular flexibility index (Phi) is 8.34. The molecular formula is C24H29N5O4S2. The van der Waals surface area contributed by atoms with E-state index in [9.17, 15) is 14.4 Å². The van der Waals surface area contributed by atoms with E-state index in [0.29, 0.717) is 27.3 Å². The Hall–Kier alpha value is -3.18. The fourth-order valence-electron chi connectivity index (χ4n) is 3.36. The van der Waals surface area contributed by atoms with Crippen molar-refractivity contribution in [3.05, 3.63) is 45.8 Å². The van der Waals surface area contributed by atoms with Gasteiger partial charge in [0.15, 0.2) is 11.0 Å². The molecule has 35 heavy (non-hydrogen) atoms. The summed E-state index contributed by atoms with van der Waals surface area (Å²) in [6, 6.07) is 8.18. The van der Waals surface area contributed by atoms with Gasteiger partial charge in [-0.1, -0.05) is 49.9 Å². The normalized spacial score (nSPS) is 11.0. The second kappa shape index (κ2) is 11.0. The van der Waals surface area contributed by atoms with Crippen LogP contribution >= 0.6 is 23.1 Å². The number of thioether (sulfide) groups is 1. The van der Waals surface area contributed by atoms with Crippen LogP contribution in [0.2, 0.25) is 0 Å². The molecule has 3 aromatic rings.